The first kappa shape index (κ1) is 14.4. The van der Waals surface area contributed by atoms with Crippen molar-refractivity contribution in [3.63, 3.8) is 0 Å². The van der Waals surface area contributed by atoms with Crippen LogP contribution in [0.2, 0.25) is 0 Å². The van der Waals surface area contributed by atoms with E-state index in [1.54, 1.807) is 0 Å². The monoisotopic (exact) mass is 405 g/mol. The fraction of sp³-hybridized carbons (Fsp3) is 0.0625. The van der Waals surface area contributed by atoms with E-state index < -0.39 is 0 Å². The number of aromatic nitrogens is 2. The van der Waals surface area contributed by atoms with Crippen LogP contribution in [0.15, 0.2) is 63.7 Å². The summed E-state index contributed by atoms with van der Waals surface area (Å²) in [5.41, 5.74) is 4.38. The number of rotatable bonds is 4. The maximum atomic E-state index is 4.16. The highest BCUT2D eigenvalue weighted by molar-refractivity contribution is 9.11. The van der Waals surface area contributed by atoms with E-state index in [9.17, 15) is 0 Å². The summed E-state index contributed by atoms with van der Waals surface area (Å²) in [6.07, 6.45) is 1.86. The maximum absolute atomic E-state index is 4.16. The van der Waals surface area contributed by atoms with Gasteiger partial charge in [-0.3, -0.25) is 5.10 Å². The lowest BCUT2D eigenvalue weighted by molar-refractivity contribution is 1.10. The Morgan fingerprint density at radius 2 is 1.86 bits per heavy atom. The molecule has 3 aromatic rings. The summed E-state index contributed by atoms with van der Waals surface area (Å²) in [6.45, 7) is 0.709. The van der Waals surface area contributed by atoms with Crippen LogP contribution in [0.4, 0.5) is 5.69 Å². The van der Waals surface area contributed by atoms with E-state index in [2.05, 4.69) is 59.5 Å². The second-order valence-electron chi connectivity index (χ2n) is 4.61. The zero-order valence-corrected chi connectivity index (χ0v) is 14.3. The van der Waals surface area contributed by atoms with Crippen LogP contribution in [0.1, 0.15) is 5.56 Å². The highest BCUT2D eigenvalue weighted by atomic mass is 79.9. The Labute approximate surface area is 140 Å². The molecule has 0 atom stereocenters. The minimum absolute atomic E-state index is 0.709. The molecule has 0 aliphatic rings. The fourth-order valence-corrected chi connectivity index (χ4v) is 3.31. The number of halogens is 2. The Kier molecular flexibility index (Phi) is 4.41. The first-order chi connectivity index (χ1) is 10.2. The third-order valence-electron chi connectivity index (χ3n) is 3.18. The van der Waals surface area contributed by atoms with Crippen molar-refractivity contribution in [3.05, 3.63) is 69.2 Å². The Morgan fingerprint density at radius 1 is 1.05 bits per heavy atom. The molecule has 0 aliphatic heterocycles. The van der Waals surface area contributed by atoms with E-state index in [-0.39, 0.29) is 0 Å². The van der Waals surface area contributed by atoms with Crippen molar-refractivity contribution < 1.29 is 0 Å². The number of nitrogens with one attached hydrogen (secondary N) is 2. The maximum Gasteiger partial charge on any atom is 0.0700 e. The van der Waals surface area contributed by atoms with Crippen molar-refractivity contribution in [3.8, 4) is 11.3 Å². The van der Waals surface area contributed by atoms with Gasteiger partial charge in [-0.05, 0) is 39.7 Å². The van der Waals surface area contributed by atoms with Gasteiger partial charge in [-0.25, -0.2) is 0 Å². The van der Waals surface area contributed by atoms with Gasteiger partial charge in [-0.15, -0.1) is 0 Å². The van der Waals surface area contributed by atoms with Crippen molar-refractivity contribution in [1.82, 2.24) is 10.2 Å². The first-order valence-corrected chi connectivity index (χ1v) is 8.09. The van der Waals surface area contributed by atoms with Crippen LogP contribution in [0.5, 0.6) is 0 Å². The van der Waals surface area contributed by atoms with Crippen molar-refractivity contribution in [1.29, 1.82) is 0 Å². The predicted molar refractivity (Wildman–Crippen MR) is 93.2 cm³/mol. The lowest BCUT2D eigenvalue weighted by atomic mass is 10.1. The quantitative estimate of drug-likeness (QED) is 0.623. The number of H-pyrrole nitrogens is 1. The van der Waals surface area contributed by atoms with E-state index in [4.69, 9.17) is 0 Å². The van der Waals surface area contributed by atoms with Crippen molar-refractivity contribution in [2.45, 2.75) is 6.54 Å². The minimum Gasteiger partial charge on any atom is -0.380 e. The van der Waals surface area contributed by atoms with Crippen LogP contribution in [0, 0.1) is 0 Å². The highest BCUT2D eigenvalue weighted by Gasteiger charge is 2.08. The number of anilines is 1. The number of aromatic amines is 1. The van der Waals surface area contributed by atoms with E-state index >= 15 is 0 Å². The molecule has 0 fully saturated rings. The molecule has 2 aromatic carbocycles. The summed E-state index contributed by atoms with van der Waals surface area (Å²) in [7, 11) is 0. The third-order valence-corrected chi connectivity index (χ3v) is 4.33. The van der Waals surface area contributed by atoms with Gasteiger partial charge in [0, 0.05) is 26.7 Å². The minimum atomic E-state index is 0.709. The van der Waals surface area contributed by atoms with Gasteiger partial charge in [0.1, 0.15) is 0 Å². The molecule has 5 heteroatoms. The first-order valence-electron chi connectivity index (χ1n) is 6.50. The third kappa shape index (κ3) is 3.36. The molecule has 2 N–H and O–H groups in total. The second-order valence-corrected chi connectivity index (χ2v) is 6.38. The summed E-state index contributed by atoms with van der Waals surface area (Å²) < 4.78 is 2.08. The van der Waals surface area contributed by atoms with E-state index in [1.165, 1.54) is 0 Å². The van der Waals surface area contributed by atoms with Crippen LogP contribution in [0.25, 0.3) is 11.3 Å². The molecular weight excluding hydrogens is 394 g/mol. The zero-order chi connectivity index (χ0) is 14.7. The molecule has 0 radical (unpaired) electrons. The molecule has 0 amide bonds. The largest absolute Gasteiger partial charge is 0.380 e. The lowest BCUT2D eigenvalue weighted by Crippen LogP contribution is -2.00. The van der Waals surface area contributed by atoms with Gasteiger partial charge < -0.3 is 5.32 Å². The number of hydrogen-bond acceptors (Lipinski definition) is 2. The van der Waals surface area contributed by atoms with E-state index in [0.29, 0.717) is 6.54 Å². The SMILES string of the molecule is Brc1ccc(NCc2cn[nH]c2-c2ccccc2)c(Br)c1. The van der Waals surface area contributed by atoms with Gasteiger partial charge in [0.2, 0.25) is 0 Å². The van der Waals surface area contributed by atoms with Crippen LogP contribution in [-0.4, -0.2) is 10.2 Å². The van der Waals surface area contributed by atoms with Crippen molar-refractivity contribution in [2.24, 2.45) is 0 Å². The summed E-state index contributed by atoms with van der Waals surface area (Å²) in [4.78, 5) is 0. The van der Waals surface area contributed by atoms with Crippen LogP contribution in [-0.2, 0) is 6.54 Å². The molecule has 0 unspecified atom stereocenters. The van der Waals surface area contributed by atoms with Gasteiger partial charge >= 0.3 is 0 Å². The molecule has 0 aliphatic carbocycles. The normalized spacial score (nSPS) is 10.6. The Morgan fingerprint density at radius 3 is 2.62 bits per heavy atom. The van der Waals surface area contributed by atoms with Crippen LogP contribution >= 0.6 is 31.9 Å². The highest BCUT2D eigenvalue weighted by Crippen LogP contribution is 2.27. The Balaban J connectivity index is 1.79. The summed E-state index contributed by atoms with van der Waals surface area (Å²) in [5, 5.41) is 10.7. The second kappa shape index (κ2) is 6.45. The number of nitrogens with zero attached hydrogens (tertiary/aromatic N) is 1. The smallest absolute Gasteiger partial charge is 0.0700 e. The molecular formula is C16H13Br2N3. The van der Waals surface area contributed by atoms with Gasteiger partial charge in [0.25, 0.3) is 0 Å². The van der Waals surface area contributed by atoms with E-state index in [1.807, 2.05) is 42.6 Å². The molecule has 0 bridgehead atoms. The lowest BCUT2D eigenvalue weighted by Gasteiger charge is -2.09. The molecule has 0 saturated heterocycles. The molecule has 1 heterocycles. The summed E-state index contributed by atoms with van der Waals surface area (Å²) in [6, 6.07) is 16.3. The molecule has 0 saturated carbocycles. The predicted octanol–water partition coefficient (Wildman–Crippen LogP) is 5.21. The van der Waals surface area contributed by atoms with Crippen LogP contribution < -0.4 is 5.32 Å². The standard InChI is InChI=1S/C16H13Br2N3/c17-13-6-7-15(14(18)8-13)19-9-12-10-20-21-16(12)11-4-2-1-3-5-11/h1-8,10,19H,9H2,(H,20,21). The van der Waals surface area contributed by atoms with Crippen LogP contribution in [0.3, 0.4) is 0 Å². The Bertz CT molecular complexity index is 738. The zero-order valence-electron chi connectivity index (χ0n) is 11.1. The number of hydrogen-bond donors (Lipinski definition) is 2. The van der Waals surface area contributed by atoms with Gasteiger partial charge in [-0.2, -0.15) is 5.10 Å². The molecule has 3 nitrogen and oxygen atoms in total. The Hall–Kier alpha value is -1.59. The average Bonchev–Trinajstić information content (AvgIpc) is 2.96. The fourth-order valence-electron chi connectivity index (χ4n) is 2.12. The molecule has 0 spiro atoms. The molecule has 106 valence electrons. The van der Waals surface area contributed by atoms with Gasteiger partial charge in [-0.1, -0.05) is 46.3 Å². The van der Waals surface area contributed by atoms with Gasteiger partial charge in [0.15, 0.2) is 0 Å². The molecule has 3 rings (SSSR count). The van der Waals surface area contributed by atoms with Gasteiger partial charge in [0.05, 0.1) is 11.9 Å². The summed E-state index contributed by atoms with van der Waals surface area (Å²) >= 11 is 7.01. The van der Waals surface area contributed by atoms with Crippen molar-refractivity contribution >= 4 is 37.5 Å². The average molecular weight is 407 g/mol. The van der Waals surface area contributed by atoms with Crippen molar-refractivity contribution in [2.75, 3.05) is 5.32 Å². The summed E-state index contributed by atoms with van der Waals surface area (Å²) in [5.74, 6) is 0. The topological polar surface area (TPSA) is 40.7 Å². The number of benzene rings is 2. The molecule has 21 heavy (non-hydrogen) atoms. The van der Waals surface area contributed by atoms with E-state index in [0.717, 1.165) is 31.5 Å². The molecule has 1 aromatic heterocycles.